The summed E-state index contributed by atoms with van der Waals surface area (Å²) in [6, 6.07) is 0. The van der Waals surface area contributed by atoms with E-state index in [0.717, 1.165) is 25.7 Å². The molecule has 2 fully saturated rings. The second-order valence-electron chi connectivity index (χ2n) is 6.20. The van der Waals surface area contributed by atoms with Crippen LogP contribution < -0.4 is 5.32 Å². The molecule has 2 N–H and O–H groups in total. The fraction of sp³-hybridized carbons (Fsp3) is 0.867. The molecule has 19 heavy (non-hydrogen) atoms. The second-order valence-corrected chi connectivity index (χ2v) is 6.20. The van der Waals surface area contributed by atoms with Crippen LogP contribution in [0.3, 0.4) is 0 Å². The average molecular weight is 267 g/mol. The highest BCUT2D eigenvalue weighted by Crippen LogP contribution is 2.31. The van der Waals surface area contributed by atoms with E-state index in [2.05, 4.69) is 5.32 Å². The molecule has 2 rings (SSSR count). The van der Waals surface area contributed by atoms with Crippen molar-refractivity contribution in [1.82, 2.24) is 5.32 Å². The lowest BCUT2D eigenvalue weighted by Gasteiger charge is -2.26. The Morgan fingerprint density at radius 1 is 1.00 bits per heavy atom. The number of rotatable bonds is 4. The van der Waals surface area contributed by atoms with Crippen LogP contribution in [0.5, 0.6) is 0 Å². The van der Waals surface area contributed by atoms with E-state index >= 15 is 0 Å². The predicted octanol–water partition coefficient (Wildman–Crippen LogP) is 2.86. The molecule has 0 spiro atoms. The Hall–Kier alpha value is -1.06. The molecule has 0 bridgehead atoms. The lowest BCUT2D eigenvalue weighted by Crippen LogP contribution is -2.52. The molecule has 2 saturated carbocycles. The summed E-state index contributed by atoms with van der Waals surface area (Å²) in [5.41, 5.74) is -0.970. The van der Waals surface area contributed by atoms with Gasteiger partial charge in [-0.2, -0.15) is 0 Å². The first kappa shape index (κ1) is 14.4. The van der Waals surface area contributed by atoms with Crippen LogP contribution in [0.1, 0.15) is 70.6 Å². The van der Waals surface area contributed by atoms with Crippen molar-refractivity contribution in [2.45, 2.75) is 76.2 Å². The first-order valence-corrected chi connectivity index (χ1v) is 7.67. The molecule has 4 heteroatoms. The number of carbonyl (C=O) groups is 2. The van der Waals surface area contributed by atoms with Crippen molar-refractivity contribution in [2.75, 3.05) is 0 Å². The van der Waals surface area contributed by atoms with E-state index in [1.807, 2.05) is 0 Å². The van der Waals surface area contributed by atoms with Gasteiger partial charge in [-0.05, 0) is 31.6 Å². The first-order valence-electron chi connectivity index (χ1n) is 7.67. The van der Waals surface area contributed by atoms with E-state index in [1.54, 1.807) is 0 Å². The highest BCUT2D eigenvalue weighted by molar-refractivity contribution is 5.87. The number of nitrogens with one attached hydrogen (secondary N) is 1. The van der Waals surface area contributed by atoms with Crippen LogP contribution in [0.2, 0.25) is 0 Å². The van der Waals surface area contributed by atoms with Gasteiger partial charge in [0.05, 0.1) is 0 Å². The number of hydrogen-bond donors (Lipinski definition) is 2. The van der Waals surface area contributed by atoms with Crippen molar-refractivity contribution in [3.63, 3.8) is 0 Å². The second kappa shape index (κ2) is 6.40. The molecule has 0 heterocycles. The Morgan fingerprint density at radius 3 is 2.11 bits per heavy atom. The molecule has 0 aromatic carbocycles. The third-order valence-corrected chi connectivity index (χ3v) is 4.69. The Kier molecular flexibility index (Phi) is 4.83. The van der Waals surface area contributed by atoms with E-state index < -0.39 is 11.5 Å². The van der Waals surface area contributed by atoms with Crippen molar-refractivity contribution < 1.29 is 14.7 Å². The van der Waals surface area contributed by atoms with Gasteiger partial charge in [0.15, 0.2) is 0 Å². The van der Waals surface area contributed by atoms with E-state index in [1.165, 1.54) is 25.7 Å². The summed E-state index contributed by atoms with van der Waals surface area (Å²) in [5, 5.41) is 12.2. The van der Waals surface area contributed by atoms with Gasteiger partial charge >= 0.3 is 5.97 Å². The minimum absolute atomic E-state index is 0.0591. The monoisotopic (exact) mass is 267 g/mol. The van der Waals surface area contributed by atoms with Gasteiger partial charge in [-0.1, -0.05) is 38.5 Å². The average Bonchev–Trinajstić information content (AvgIpc) is 2.68. The number of hydrogen-bond acceptors (Lipinski definition) is 2. The Bertz CT molecular complexity index is 326. The number of aliphatic carboxylic acids is 1. The molecule has 2 aliphatic rings. The van der Waals surface area contributed by atoms with Gasteiger partial charge in [-0.25, -0.2) is 4.79 Å². The summed E-state index contributed by atoms with van der Waals surface area (Å²) in [4.78, 5) is 23.5. The summed E-state index contributed by atoms with van der Waals surface area (Å²) in [7, 11) is 0. The first-order chi connectivity index (χ1) is 9.12. The predicted molar refractivity (Wildman–Crippen MR) is 72.8 cm³/mol. The van der Waals surface area contributed by atoms with Crippen molar-refractivity contribution in [1.29, 1.82) is 0 Å². The maximum atomic E-state index is 12.1. The van der Waals surface area contributed by atoms with Crippen molar-refractivity contribution >= 4 is 11.9 Å². The lowest BCUT2D eigenvalue weighted by atomic mass is 9.93. The minimum atomic E-state index is -0.970. The van der Waals surface area contributed by atoms with Crippen LogP contribution in [-0.4, -0.2) is 22.5 Å². The van der Waals surface area contributed by atoms with Gasteiger partial charge in [0.2, 0.25) is 5.91 Å². The van der Waals surface area contributed by atoms with Crippen molar-refractivity contribution in [3.8, 4) is 0 Å². The fourth-order valence-electron chi connectivity index (χ4n) is 3.52. The number of amides is 1. The molecule has 0 saturated heterocycles. The standard InChI is InChI=1S/C15H25NO3/c17-13(11-12-7-3-1-2-4-8-12)16-15(14(18)19)9-5-6-10-15/h12H,1-11H2,(H,16,17)(H,18,19). The zero-order chi connectivity index (χ0) is 13.7. The summed E-state index contributed by atoms with van der Waals surface area (Å²) < 4.78 is 0. The van der Waals surface area contributed by atoms with Gasteiger partial charge in [0.25, 0.3) is 0 Å². The van der Waals surface area contributed by atoms with Gasteiger partial charge in [0, 0.05) is 6.42 Å². The van der Waals surface area contributed by atoms with Crippen LogP contribution in [0.15, 0.2) is 0 Å². The fourth-order valence-corrected chi connectivity index (χ4v) is 3.52. The molecule has 0 aromatic rings. The van der Waals surface area contributed by atoms with Gasteiger partial charge in [-0.3, -0.25) is 4.79 Å². The Labute approximate surface area is 115 Å². The molecule has 4 nitrogen and oxygen atoms in total. The highest BCUT2D eigenvalue weighted by atomic mass is 16.4. The molecule has 1 amide bonds. The summed E-state index contributed by atoms with van der Waals surface area (Å²) in [6.07, 6.45) is 10.7. The van der Waals surface area contributed by atoms with E-state index in [-0.39, 0.29) is 5.91 Å². The number of carboxylic acid groups (broad SMARTS) is 1. The normalized spacial score (nSPS) is 23.8. The third-order valence-electron chi connectivity index (χ3n) is 4.69. The zero-order valence-electron chi connectivity index (χ0n) is 11.6. The number of carbonyl (C=O) groups excluding carboxylic acids is 1. The molecule has 2 aliphatic carbocycles. The summed E-state index contributed by atoms with van der Waals surface area (Å²) >= 11 is 0. The molecule has 0 unspecified atom stereocenters. The highest BCUT2D eigenvalue weighted by Gasteiger charge is 2.42. The smallest absolute Gasteiger partial charge is 0.329 e. The topological polar surface area (TPSA) is 66.4 Å². The Morgan fingerprint density at radius 2 is 1.58 bits per heavy atom. The Balaban J connectivity index is 1.87. The van der Waals surface area contributed by atoms with Gasteiger partial charge in [0.1, 0.15) is 5.54 Å². The molecule has 0 atom stereocenters. The summed E-state index contributed by atoms with van der Waals surface area (Å²) in [6.45, 7) is 0. The quantitative estimate of drug-likeness (QED) is 0.770. The van der Waals surface area contributed by atoms with E-state index in [0.29, 0.717) is 25.2 Å². The molecule has 0 aliphatic heterocycles. The van der Waals surface area contributed by atoms with Gasteiger partial charge < -0.3 is 10.4 Å². The molecule has 0 aromatic heterocycles. The van der Waals surface area contributed by atoms with Gasteiger partial charge in [-0.15, -0.1) is 0 Å². The molecule has 0 radical (unpaired) electrons. The third kappa shape index (κ3) is 3.71. The minimum Gasteiger partial charge on any atom is -0.480 e. The lowest BCUT2D eigenvalue weighted by molar-refractivity contribution is -0.147. The van der Waals surface area contributed by atoms with Crippen LogP contribution in [-0.2, 0) is 9.59 Å². The molecule has 108 valence electrons. The van der Waals surface area contributed by atoms with Crippen LogP contribution in [0, 0.1) is 5.92 Å². The molecular formula is C15H25NO3. The van der Waals surface area contributed by atoms with Crippen molar-refractivity contribution in [2.24, 2.45) is 5.92 Å². The van der Waals surface area contributed by atoms with Crippen molar-refractivity contribution in [3.05, 3.63) is 0 Å². The van der Waals surface area contributed by atoms with E-state index in [9.17, 15) is 14.7 Å². The van der Waals surface area contributed by atoms with E-state index in [4.69, 9.17) is 0 Å². The number of carboxylic acids is 1. The summed E-state index contributed by atoms with van der Waals surface area (Å²) in [5.74, 6) is -0.467. The molecular weight excluding hydrogens is 242 g/mol. The SMILES string of the molecule is O=C(CC1CCCCCC1)NC1(C(=O)O)CCCC1. The van der Waals surface area contributed by atoms with Crippen LogP contribution in [0.25, 0.3) is 0 Å². The maximum Gasteiger partial charge on any atom is 0.329 e. The largest absolute Gasteiger partial charge is 0.480 e. The van der Waals surface area contributed by atoms with Crippen LogP contribution >= 0.6 is 0 Å². The zero-order valence-corrected chi connectivity index (χ0v) is 11.6. The maximum absolute atomic E-state index is 12.1. The van der Waals surface area contributed by atoms with Crippen LogP contribution in [0.4, 0.5) is 0 Å².